The zero-order valence-corrected chi connectivity index (χ0v) is 17.0. The van der Waals surface area contributed by atoms with Crippen LogP contribution in [0.2, 0.25) is 0 Å². The topological polar surface area (TPSA) is 86.4 Å². The molecule has 0 aromatic heterocycles. The number of anilines is 1. The number of hydrogen-bond acceptors (Lipinski definition) is 5. The van der Waals surface area contributed by atoms with Crippen LogP contribution in [-0.4, -0.2) is 31.7 Å². The fraction of sp³-hybridized carbons (Fsp3) is 0.375. The number of para-hydroxylation sites is 1. The first-order valence-corrected chi connectivity index (χ1v) is 10.1. The molecule has 1 saturated carbocycles. The Hall–Kier alpha value is -3.17. The molecule has 3 aliphatic rings. The third-order valence-electron chi connectivity index (χ3n) is 7.30. The molecule has 6 heteroatoms. The van der Waals surface area contributed by atoms with Crippen LogP contribution in [0.15, 0.2) is 54.6 Å². The summed E-state index contributed by atoms with van der Waals surface area (Å²) in [6, 6.07) is 20.0. The second-order valence-corrected chi connectivity index (χ2v) is 8.39. The van der Waals surface area contributed by atoms with Crippen LogP contribution in [0.5, 0.6) is 0 Å². The van der Waals surface area contributed by atoms with Gasteiger partial charge in [0.25, 0.3) is 0 Å². The Morgan fingerprint density at radius 1 is 1.20 bits per heavy atom. The third-order valence-corrected chi connectivity index (χ3v) is 7.30. The Balaban J connectivity index is 1.74. The van der Waals surface area contributed by atoms with Crippen molar-refractivity contribution in [2.75, 3.05) is 18.7 Å². The number of carbonyl (C=O) groups excluding carboxylic acids is 1. The zero-order chi connectivity index (χ0) is 21.1. The van der Waals surface area contributed by atoms with Gasteiger partial charge in [-0.1, -0.05) is 55.5 Å². The molecular formula is C24H23N3O3. The van der Waals surface area contributed by atoms with Crippen LogP contribution in [-0.2, 0) is 26.1 Å². The predicted molar refractivity (Wildman–Crippen MR) is 111 cm³/mol. The molecule has 1 amide bonds. The van der Waals surface area contributed by atoms with Gasteiger partial charge in [0, 0.05) is 18.9 Å². The summed E-state index contributed by atoms with van der Waals surface area (Å²) in [5.41, 5.74) is 0.111. The van der Waals surface area contributed by atoms with E-state index in [-0.39, 0.29) is 36.5 Å². The van der Waals surface area contributed by atoms with Gasteiger partial charge >= 0.3 is 0 Å². The third kappa shape index (κ3) is 1.96. The van der Waals surface area contributed by atoms with Crippen molar-refractivity contribution in [1.29, 1.82) is 10.7 Å². The van der Waals surface area contributed by atoms with Crippen LogP contribution in [0.4, 0.5) is 5.69 Å². The van der Waals surface area contributed by atoms with Crippen molar-refractivity contribution < 1.29 is 14.3 Å². The van der Waals surface area contributed by atoms with E-state index in [9.17, 15) is 10.1 Å². The molecule has 1 spiro atoms. The maximum Gasteiger partial charge on any atom is 0.242 e. The van der Waals surface area contributed by atoms with Crippen molar-refractivity contribution in [1.82, 2.24) is 0 Å². The Kier molecular flexibility index (Phi) is 4.03. The summed E-state index contributed by atoms with van der Waals surface area (Å²) in [6.07, 6.45) is 0.199. The van der Waals surface area contributed by atoms with Crippen molar-refractivity contribution >= 4 is 17.5 Å². The molecule has 1 saturated heterocycles. The minimum Gasteiger partial charge on any atom is -0.476 e. The summed E-state index contributed by atoms with van der Waals surface area (Å²) in [5.74, 6) is -0.799. The van der Waals surface area contributed by atoms with E-state index in [1.165, 1.54) is 0 Å². The van der Waals surface area contributed by atoms with Crippen LogP contribution in [0.3, 0.4) is 0 Å². The fourth-order valence-electron chi connectivity index (χ4n) is 6.17. The van der Waals surface area contributed by atoms with E-state index in [0.717, 1.165) is 16.8 Å². The maximum atomic E-state index is 14.0. The number of fused-ring (bicyclic) bond motifs is 5. The average Bonchev–Trinajstić information content (AvgIpc) is 3.26. The largest absolute Gasteiger partial charge is 0.476 e. The lowest BCUT2D eigenvalue weighted by molar-refractivity contribution is -0.128. The summed E-state index contributed by atoms with van der Waals surface area (Å²) in [6.45, 7) is 2.09. The maximum absolute atomic E-state index is 14.0. The molecule has 30 heavy (non-hydrogen) atoms. The highest BCUT2D eigenvalue weighted by Gasteiger charge is 2.82. The molecule has 2 fully saturated rings. The monoisotopic (exact) mass is 401 g/mol. The molecule has 2 bridgehead atoms. The lowest BCUT2D eigenvalue weighted by atomic mass is 9.57. The summed E-state index contributed by atoms with van der Waals surface area (Å²) >= 11 is 0. The first-order valence-electron chi connectivity index (χ1n) is 10.1. The van der Waals surface area contributed by atoms with Gasteiger partial charge < -0.3 is 9.47 Å². The number of nitriles is 1. The number of benzene rings is 2. The minimum atomic E-state index is -1.36. The van der Waals surface area contributed by atoms with E-state index in [1.54, 1.807) is 12.0 Å². The number of amides is 1. The van der Waals surface area contributed by atoms with Crippen LogP contribution in [0, 0.1) is 34.0 Å². The van der Waals surface area contributed by atoms with Crippen molar-refractivity contribution in [3.8, 4) is 6.07 Å². The van der Waals surface area contributed by atoms with Crippen molar-refractivity contribution in [2.24, 2.45) is 17.3 Å². The number of hydrogen-bond donors (Lipinski definition) is 1. The molecule has 6 nitrogen and oxygen atoms in total. The number of nitrogens with one attached hydrogen (secondary N) is 1. The highest BCUT2D eigenvalue weighted by molar-refractivity contribution is 6.14. The summed E-state index contributed by atoms with van der Waals surface area (Å²) in [5, 5.41) is 19.3. The van der Waals surface area contributed by atoms with Crippen LogP contribution < -0.4 is 4.90 Å². The van der Waals surface area contributed by atoms with Crippen molar-refractivity contribution in [2.45, 2.75) is 24.9 Å². The van der Waals surface area contributed by atoms with E-state index in [1.807, 2.05) is 61.5 Å². The van der Waals surface area contributed by atoms with E-state index in [4.69, 9.17) is 14.9 Å². The normalized spacial score (nSPS) is 33.6. The van der Waals surface area contributed by atoms with Crippen molar-refractivity contribution in [3.63, 3.8) is 0 Å². The molecule has 2 aliphatic heterocycles. The summed E-state index contributed by atoms with van der Waals surface area (Å²) in [4.78, 5) is 15.6. The number of carbonyl (C=O) groups is 1. The number of ether oxygens (including phenoxy) is 2. The fourth-order valence-corrected chi connectivity index (χ4v) is 6.17. The molecule has 5 rings (SSSR count). The highest BCUT2D eigenvalue weighted by atomic mass is 16.5. The summed E-state index contributed by atoms with van der Waals surface area (Å²) < 4.78 is 11.3. The molecule has 1 N–H and O–H groups in total. The van der Waals surface area contributed by atoms with Gasteiger partial charge in [-0.3, -0.25) is 15.1 Å². The Labute approximate surface area is 175 Å². The zero-order valence-electron chi connectivity index (χ0n) is 17.0. The average molecular weight is 401 g/mol. The minimum absolute atomic E-state index is 0.0866. The van der Waals surface area contributed by atoms with Crippen molar-refractivity contribution in [3.05, 3.63) is 65.7 Å². The molecule has 5 atom stereocenters. The summed E-state index contributed by atoms with van der Waals surface area (Å²) in [7, 11) is 1.55. The molecule has 0 unspecified atom stereocenters. The smallest absolute Gasteiger partial charge is 0.242 e. The molecule has 1 aliphatic carbocycles. The van der Waals surface area contributed by atoms with Gasteiger partial charge in [0.15, 0.2) is 5.41 Å². The second-order valence-electron chi connectivity index (χ2n) is 8.39. The first-order chi connectivity index (χ1) is 14.5. The number of methoxy groups -OCH3 is 1. The van der Waals surface area contributed by atoms with Gasteiger partial charge in [-0.25, -0.2) is 0 Å². The molecule has 152 valence electrons. The molecule has 2 aromatic carbocycles. The van der Waals surface area contributed by atoms with E-state index in [2.05, 4.69) is 6.07 Å². The van der Waals surface area contributed by atoms with E-state index in [0.29, 0.717) is 6.42 Å². The van der Waals surface area contributed by atoms with Crippen LogP contribution in [0.1, 0.15) is 18.1 Å². The molecule has 2 heterocycles. The number of rotatable bonds is 4. The standard InChI is InChI=1S/C24H23N3O3/c1-15-20-18(12-16-8-4-3-5-9-16)23(13-25,21(26)30-20)24(15)17-10-6-7-11-19(17)27(14-29-2)22(24)28/h3-11,15,18,20,26H,12,14H2,1-2H3/t15-,18+,20+,23-,24-/m0/s1. The number of nitrogens with zero attached hydrogens (tertiary/aromatic N) is 2. The van der Waals surface area contributed by atoms with Gasteiger partial charge in [0.1, 0.15) is 18.2 Å². The Bertz CT molecular complexity index is 1080. The lowest BCUT2D eigenvalue weighted by Gasteiger charge is -2.42. The van der Waals surface area contributed by atoms with Crippen LogP contribution >= 0.6 is 0 Å². The van der Waals surface area contributed by atoms with Gasteiger partial charge in [0.05, 0.1) is 11.8 Å². The van der Waals surface area contributed by atoms with Gasteiger partial charge in [-0.05, 0) is 23.6 Å². The van der Waals surface area contributed by atoms with Gasteiger partial charge in [-0.15, -0.1) is 0 Å². The SMILES string of the molecule is COCN1C(=O)[C@@]2(c3ccccc31)[C@@H](C)[C@H]1OC(=N)[C@]2(C#N)[C@@H]1Cc1ccccc1. The molecule has 0 radical (unpaired) electrons. The van der Waals surface area contributed by atoms with E-state index < -0.39 is 10.8 Å². The lowest BCUT2D eigenvalue weighted by Crippen LogP contribution is -2.58. The first kappa shape index (κ1) is 18.8. The molecular weight excluding hydrogens is 378 g/mol. The van der Waals surface area contributed by atoms with E-state index >= 15 is 0 Å². The second kappa shape index (κ2) is 6.41. The highest BCUT2D eigenvalue weighted by Crippen LogP contribution is 2.69. The van der Waals surface area contributed by atoms with Gasteiger partial charge in [-0.2, -0.15) is 5.26 Å². The Morgan fingerprint density at radius 3 is 2.60 bits per heavy atom. The van der Waals surface area contributed by atoms with Gasteiger partial charge in [0.2, 0.25) is 11.8 Å². The predicted octanol–water partition coefficient (Wildman–Crippen LogP) is 3.27. The van der Waals surface area contributed by atoms with Crippen LogP contribution in [0.25, 0.3) is 0 Å². The molecule has 2 aromatic rings. The Morgan fingerprint density at radius 2 is 1.90 bits per heavy atom. The quantitative estimate of drug-likeness (QED) is 0.852.